The van der Waals surface area contributed by atoms with Gasteiger partial charge in [-0.3, -0.25) is 0 Å². The average molecular weight is 350 g/mol. The molecular weight excluding hydrogens is 333 g/mol. The zero-order valence-corrected chi connectivity index (χ0v) is 13.5. The number of halogens is 2. The van der Waals surface area contributed by atoms with Crippen molar-refractivity contribution in [2.75, 3.05) is 25.5 Å². The molecule has 0 radical (unpaired) electrons. The maximum atomic E-state index is 13.4. The molecule has 1 aromatic carbocycles. The first kappa shape index (κ1) is 17.0. The maximum Gasteiger partial charge on any atom is 0.321 e. The highest BCUT2D eigenvalue weighted by Crippen LogP contribution is 2.20. The molecule has 9 heteroatoms. The van der Waals surface area contributed by atoms with Gasteiger partial charge in [-0.2, -0.15) is 0 Å². The van der Waals surface area contributed by atoms with E-state index in [9.17, 15) is 17.6 Å². The second-order valence-electron chi connectivity index (χ2n) is 5.02. The lowest BCUT2D eigenvalue weighted by Crippen LogP contribution is -2.49. The molecule has 1 fully saturated rings. The quantitative estimate of drug-likeness (QED) is 0.876. The van der Waals surface area contributed by atoms with Gasteiger partial charge in [0.15, 0.2) is 0 Å². The molecule has 0 aromatic heterocycles. The summed E-state index contributed by atoms with van der Waals surface area (Å²) in [4.78, 5) is 13.6. The second-order valence-corrected chi connectivity index (χ2v) is 7.59. The number of nitrogens with zero attached hydrogens (tertiary/aromatic N) is 1. The number of hydrogen-bond acceptors (Lipinski definition) is 3. The van der Waals surface area contributed by atoms with Gasteiger partial charge in [-0.25, -0.2) is 22.3 Å². The molecule has 6 nitrogen and oxygen atoms in total. The van der Waals surface area contributed by atoms with Crippen LogP contribution in [0.3, 0.4) is 0 Å². The van der Waals surface area contributed by atoms with Crippen LogP contribution in [0.25, 0.3) is 0 Å². The van der Waals surface area contributed by atoms with E-state index in [0.29, 0.717) is 19.4 Å². The second kappa shape index (κ2) is 6.80. The predicted octanol–water partition coefficient (Wildman–Crippen LogP) is 2.02. The smallest absolute Gasteiger partial charge is 0.321 e. The molecule has 1 aliphatic rings. The zero-order chi connectivity index (χ0) is 16.3. The Bertz CT molecular complexity index is 668. The first-order valence-corrected chi connectivity index (χ1v) is 8.69. The number of piperidine rings is 1. The van der Waals surface area contributed by atoms with Crippen LogP contribution in [0.1, 0.15) is 12.8 Å². The van der Waals surface area contributed by atoms with Crippen molar-refractivity contribution in [1.82, 2.24) is 9.62 Å². The average Bonchev–Trinajstić information content (AvgIpc) is 2.51. The van der Waals surface area contributed by atoms with Gasteiger partial charge in [0, 0.05) is 18.8 Å². The summed E-state index contributed by atoms with van der Waals surface area (Å²) in [5, 5.41) is 1.87. The van der Waals surface area contributed by atoms with E-state index >= 15 is 0 Å². The number of anilines is 1. The number of amides is 2. The summed E-state index contributed by atoms with van der Waals surface area (Å²) in [5.41, 5.74) is 0.269. The Morgan fingerprint density at radius 3 is 2.82 bits per heavy atom. The molecule has 0 spiro atoms. The topological polar surface area (TPSA) is 78.5 Å². The van der Waals surface area contributed by atoms with Gasteiger partial charge < -0.3 is 10.2 Å². The van der Waals surface area contributed by atoms with Crippen LogP contribution in [0, 0.1) is 5.82 Å². The number of carbonyl (C=O) groups is 1. The van der Waals surface area contributed by atoms with Crippen molar-refractivity contribution < 1.29 is 17.6 Å². The van der Waals surface area contributed by atoms with Crippen LogP contribution in [-0.2, 0) is 10.0 Å². The fraction of sp³-hybridized carbons (Fsp3) is 0.462. The Morgan fingerprint density at radius 1 is 1.45 bits per heavy atom. The van der Waals surface area contributed by atoms with Gasteiger partial charge >= 0.3 is 6.03 Å². The molecule has 2 N–H and O–H groups in total. The molecule has 0 unspecified atom stereocenters. The Labute approximate surface area is 133 Å². The van der Waals surface area contributed by atoms with E-state index in [-0.39, 0.29) is 17.3 Å². The molecule has 2 amide bonds. The minimum Gasteiger partial charge on any atom is -0.323 e. The normalized spacial score (nSPS) is 19.0. The van der Waals surface area contributed by atoms with Crippen LogP contribution in [-0.4, -0.2) is 44.7 Å². The van der Waals surface area contributed by atoms with Gasteiger partial charge in [0.2, 0.25) is 10.0 Å². The summed E-state index contributed by atoms with van der Waals surface area (Å²) in [6.45, 7) is 0.558. The Kier molecular flexibility index (Phi) is 5.25. The lowest BCUT2D eigenvalue weighted by atomic mass is 10.1. The standard InChI is InChI=1S/C13H17ClFN3O3S/c1-16-22(20,21)10-3-2-6-18(8-10)13(19)17-9-4-5-11(14)12(15)7-9/h4-5,7,10,16H,2-3,6,8H2,1H3,(H,17,19)/t10-/m0/s1. The molecule has 2 rings (SSSR count). The largest absolute Gasteiger partial charge is 0.323 e. The van der Waals surface area contributed by atoms with Crippen LogP contribution >= 0.6 is 11.6 Å². The van der Waals surface area contributed by atoms with Crippen LogP contribution in [0.2, 0.25) is 5.02 Å². The predicted molar refractivity (Wildman–Crippen MR) is 83.0 cm³/mol. The fourth-order valence-electron chi connectivity index (χ4n) is 2.32. The van der Waals surface area contributed by atoms with Crippen molar-refractivity contribution >= 4 is 33.3 Å². The molecule has 22 heavy (non-hydrogen) atoms. The molecule has 122 valence electrons. The highest BCUT2D eigenvalue weighted by Gasteiger charge is 2.31. The summed E-state index contributed by atoms with van der Waals surface area (Å²) >= 11 is 5.58. The molecule has 1 atom stereocenters. The van der Waals surface area contributed by atoms with E-state index in [4.69, 9.17) is 11.6 Å². The molecular formula is C13H17ClFN3O3S. The summed E-state index contributed by atoms with van der Waals surface area (Å²) in [6, 6.07) is 3.48. The minimum absolute atomic E-state index is 0.0313. The summed E-state index contributed by atoms with van der Waals surface area (Å²) in [7, 11) is -2.07. The van der Waals surface area contributed by atoms with Gasteiger partial charge in [0.25, 0.3) is 0 Å². The Balaban J connectivity index is 2.04. The molecule has 1 aromatic rings. The summed E-state index contributed by atoms with van der Waals surface area (Å²) in [5.74, 6) is -0.631. The highest BCUT2D eigenvalue weighted by molar-refractivity contribution is 7.90. The van der Waals surface area contributed by atoms with E-state index in [0.717, 1.165) is 6.07 Å². The summed E-state index contributed by atoms with van der Waals surface area (Å²) < 4.78 is 39.3. The highest BCUT2D eigenvalue weighted by atomic mass is 35.5. The number of carbonyl (C=O) groups excluding carboxylic acids is 1. The van der Waals surface area contributed by atoms with Crippen LogP contribution in [0.5, 0.6) is 0 Å². The number of nitrogens with one attached hydrogen (secondary N) is 2. The molecule has 1 heterocycles. The molecule has 1 saturated heterocycles. The number of hydrogen-bond donors (Lipinski definition) is 2. The number of likely N-dealkylation sites (tertiary alicyclic amines) is 1. The van der Waals surface area contributed by atoms with E-state index in [1.165, 1.54) is 24.1 Å². The first-order valence-electron chi connectivity index (χ1n) is 6.77. The van der Waals surface area contributed by atoms with Gasteiger partial charge in [-0.1, -0.05) is 11.6 Å². The minimum atomic E-state index is -3.42. The molecule has 0 aliphatic carbocycles. The maximum absolute atomic E-state index is 13.4. The van der Waals surface area contributed by atoms with Crippen LogP contribution in [0.15, 0.2) is 18.2 Å². The monoisotopic (exact) mass is 349 g/mol. The van der Waals surface area contributed by atoms with Crippen molar-refractivity contribution in [2.24, 2.45) is 0 Å². The third kappa shape index (κ3) is 3.88. The first-order chi connectivity index (χ1) is 10.3. The van der Waals surface area contributed by atoms with Gasteiger partial charge in [-0.05, 0) is 38.1 Å². The third-order valence-electron chi connectivity index (χ3n) is 3.56. The molecule has 0 bridgehead atoms. The fourth-order valence-corrected chi connectivity index (χ4v) is 3.62. The van der Waals surface area contributed by atoms with E-state index in [1.807, 2.05) is 0 Å². The van der Waals surface area contributed by atoms with Crippen molar-refractivity contribution in [3.8, 4) is 0 Å². The Hall–Kier alpha value is -1.38. The van der Waals surface area contributed by atoms with E-state index in [2.05, 4.69) is 10.0 Å². The van der Waals surface area contributed by atoms with E-state index < -0.39 is 27.1 Å². The van der Waals surface area contributed by atoms with Gasteiger partial charge in [-0.15, -0.1) is 0 Å². The van der Waals surface area contributed by atoms with E-state index in [1.54, 1.807) is 0 Å². The van der Waals surface area contributed by atoms with Crippen LogP contribution in [0.4, 0.5) is 14.9 Å². The molecule has 1 aliphatic heterocycles. The van der Waals surface area contributed by atoms with Crippen molar-refractivity contribution in [2.45, 2.75) is 18.1 Å². The lowest BCUT2D eigenvalue weighted by Gasteiger charge is -2.32. The van der Waals surface area contributed by atoms with Crippen molar-refractivity contribution in [3.05, 3.63) is 29.0 Å². The van der Waals surface area contributed by atoms with Crippen molar-refractivity contribution in [1.29, 1.82) is 0 Å². The van der Waals surface area contributed by atoms with Crippen LogP contribution < -0.4 is 10.0 Å². The van der Waals surface area contributed by atoms with Gasteiger partial charge in [0.05, 0.1) is 10.3 Å². The lowest BCUT2D eigenvalue weighted by molar-refractivity contribution is 0.200. The third-order valence-corrected chi connectivity index (χ3v) is 5.70. The number of sulfonamides is 1. The van der Waals surface area contributed by atoms with Crippen molar-refractivity contribution in [3.63, 3.8) is 0 Å². The SMILES string of the molecule is CNS(=O)(=O)[C@H]1CCCN(C(=O)Nc2ccc(Cl)c(F)c2)C1. The number of urea groups is 1. The zero-order valence-electron chi connectivity index (χ0n) is 12.0. The Morgan fingerprint density at radius 2 is 2.18 bits per heavy atom. The molecule has 0 saturated carbocycles. The number of rotatable bonds is 3. The number of benzene rings is 1. The van der Waals surface area contributed by atoms with Gasteiger partial charge in [0.1, 0.15) is 5.82 Å². The summed E-state index contributed by atoms with van der Waals surface area (Å²) in [6.07, 6.45) is 1.09.